The normalized spacial score (nSPS) is 18.0. The molecule has 1 amide bonds. The zero-order chi connectivity index (χ0) is 20.3. The maximum Gasteiger partial charge on any atom is 0.277 e. The first-order chi connectivity index (χ1) is 13.3. The highest BCUT2D eigenvalue weighted by molar-refractivity contribution is 6.30. The van der Waals surface area contributed by atoms with Gasteiger partial charge in [0.05, 0.1) is 6.21 Å². The van der Waals surface area contributed by atoms with Gasteiger partial charge in [0, 0.05) is 23.3 Å². The van der Waals surface area contributed by atoms with Crippen LogP contribution in [0.25, 0.3) is 0 Å². The lowest BCUT2D eigenvalue weighted by molar-refractivity contribution is -0.123. The molecule has 0 fully saturated rings. The lowest BCUT2D eigenvalue weighted by Crippen LogP contribution is -2.45. The van der Waals surface area contributed by atoms with Crippen molar-refractivity contribution in [3.8, 4) is 5.75 Å². The van der Waals surface area contributed by atoms with Gasteiger partial charge in [-0.05, 0) is 67.6 Å². The van der Waals surface area contributed by atoms with Gasteiger partial charge in [-0.25, -0.2) is 5.43 Å². The van der Waals surface area contributed by atoms with E-state index in [1.54, 1.807) is 30.5 Å². The topological polar surface area (TPSA) is 53.9 Å². The predicted molar refractivity (Wildman–Crippen MR) is 115 cm³/mol. The van der Waals surface area contributed by atoms with Crippen molar-refractivity contribution in [3.63, 3.8) is 0 Å². The van der Waals surface area contributed by atoms with Crippen molar-refractivity contribution in [2.75, 3.05) is 18.6 Å². The van der Waals surface area contributed by atoms with Crippen molar-refractivity contribution in [2.45, 2.75) is 38.6 Å². The Labute approximate surface area is 171 Å². The summed E-state index contributed by atoms with van der Waals surface area (Å²) in [6.45, 7) is 6.66. The molecule has 5 nitrogen and oxygen atoms in total. The highest BCUT2D eigenvalue weighted by Gasteiger charge is 2.33. The molecule has 0 radical (unpaired) electrons. The van der Waals surface area contributed by atoms with Crippen molar-refractivity contribution in [1.82, 2.24) is 5.43 Å². The first-order valence-electron chi connectivity index (χ1n) is 9.34. The number of fused-ring (bicyclic) bond motifs is 1. The molecule has 0 saturated heterocycles. The Morgan fingerprint density at radius 3 is 2.89 bits per heavy atom. The Bertz CT molecular complexity index is 895. The molecule has 0 aliphatic carbocycles. The van der Waals surface area contributed by atoms with Crippen LogP contribution in [0, 0.1) is 0 Å². The molecule has 0 bridgehead atoms. The quantitative estimate of drug-likeness (QED) is 0.590. The average Bonchev–Trinajstić information content (AvgIpc) is 2.64. The molecular weight excluding hydrogens is 374 g/mol. The number of benzene rings is 2. The number of hydrogen-bond donors (Lipinski definition) is 1. The molecule has 148 valence electrons. The number of amides is 1. The van der Waals surface area contributed by atoms with Crippen LogP contribution in [-0.2, 0) is 4.79 Å². The predicted octanol–water partition coefficient (Wildman–Crippen LogP) is 4.59. The van der Waals surface area contributed by atoms with Gasteiger partial charge in [-0.1, -0.05) is 30.7 Å². The maximum atomic E-state index is 11.9. The van der Waals surface area contributed by atoms with Gasteiger partial charge in [0.25, 0.3) is 5.91 Å². The number of anilines is 1. The van der Waals surface area contributed by atoms with E-state index in [0.717, 1.165) is 12.0 Å². The van der Waals surface area contributed by atoms with Crippen molar-refractivity contribution < 1.29 is 9.53 Å². The lowest BCUT2D eigenvalue weighted by atomic mass is 9.80. The molecule has 0 aromatic heterocycles. The lowest BCUT2D eigenvalue weighted by Gasteiger charge is -2.45. The number of hydrogen-bond acceptors (Lipinski definition) is 4. The number of halogens is 1. The van der Waals surface area contributed by atoms with Crippen LogP contribution in [0.15, 0.2) is 47.6 Å². The maximum absolute atomic E-state index is 11.9. The summed E-state index contributed by atoms with van der Waals surface area (Å²) in [5.74, 6) is 0.682. The van der Waals surface area contributed by atoms with Crippen molar-refractivity contribution in [3.05, 3.63) is 58.6 Å². The fourth-order valence-electron chi connectivity index (χ4n) is 3.59. The molecule has 1 aliphatic rings. The van der Waals surface area contributed by atoms with Crippen LogP contribution in [0.3, 0.4) is 0 Å². The third-order valence-electron chi connectivity index (χ3n) is 5.23. The summed E-state index contributed by atoms with van der Waals surface area (Å²) in [6.07, 6.45) is 2.75. The Kier molecular flexibility index (Phi) is 5.94. The standard InChI is InChI=1S/C22H26ClN3O2/c1-15-12-22(2,3)26(4)20-9-8-16(10-19(15)20)13-24-25-21(27)14-28-18-7-5-6-17(23)11-18/h5-11,13,15H,12,14H2,1-4H3,(H,25,27)/b24-13+. The first-order valence-corrected chi connectivity index (χ1v) is 9.72. The van der Waals surface area contributed by atoms with Gasteiger partial charge in [-0.3, -0.25) is 4.79 Å². The smallest absolute Gasteiger partial charge is 0.277 e. The minimum atomic E-state index is -0.330. The number of nitrogens with zero attached hydrogens (tertiary/aromatic N) is 2. The van der Waals surface area contributed by atoms with Crippen LogP contribution in [0.4, 0.5) is 5.69 Å². The van der Waals surface area contributed by atoms with E-state index in [0.29, 0.717) is 16.7 Å². The molecular formula is C22H26ClN3O2. The van der Waals surface area contributed by atoms with Gasteiger partial charge >= 0.3 is 0 Å². The van der Waals surface area contributed by atoms with E-state index in [9.17, 15) is 4.79 Å². The Balaban J connectivity index is 1.59. The van der Waals surface area contributed by atoms with E-state index in [1.165, 1.54) is 11.3 Å². The molecule has 28 heavy (non-hydrogen) atoms. The minimum absolute atomic E-state index is 0.126. The SMILES string of the molecule is CC1CC(C)(C)N(C)c2ccc(/C=N/NC(=O)COc3cccc(Cl)c3)cc21. The van der Waals surface area contributed by atoms with Crippen LogP contribution >= 0.6 is 11.6 Å². The number of ether oxygens (including phenoxy) is 1. The highest BCUT2D eigenvalue weighted by Crippen LogP contribution is 2.42. The molecule has 1 atom stereocenters. The monoisotopic (exact) mass is 399 g/mol. The van der Waals surface area contributed by atoms with Gasteiger partial charge in [0.1, 0.15) is 5.75 Å². The van der Waals surface area contributed by atoms with Gasteiger partial charge in [0.2, 0.25) is 0 Å². The van der Waals surface area contributed by atoms with Crippen molar-refractivity contribution in [1.29, 1.82) is 0 Å². The summed E-state index contributed by atoms with van der Waals surface area (Å²) >= 11 is 5.89. The van der Waals surface area contributed by atoms with Gasteiger partial charge in [-0.15, -0.1) is 0 Å². The van der Waals surface area contributed by atoms with E-state index >= 15 is 0 Å². The number of hydrazone groups is 1. The van der Waals surface area contributed by atoms with Crippen molar-refractivity contribution in [2.24, 2.45) is 5.10 Å². The third-order valence-corrected chi connectivity index (χ3v) is 5.46. The third kappa shape index (κ3) is 4.65. The number of rotatable bonds is 5. The number of carbonyl (C=O) groups excluding carboxylic acids is 1. The fourth-order valence-corrected chi connectivity index (χ4v) is 3.77. The zero-order valence-corrected chi connectivity index (χ0v) is 17.5. The molecule has 1 heterocycles. The summed E-state index contributed by atoms with van der Waals surface area (Å²) in [6, 6.07) is 13.2. The average molecular weight is 400 g/mol. The van der Waals surface area contributed by atoms with E-state index in [4.69, 9.17) is 16.3 Å². The van der Waals surface area contributed by atoms with Crippen LogP contribution in [0.5, 0.6) is 5.75 Å². The van der Waals surface area contributed by atoms with Crippen LogP contribution in [0.1, 0.15) is 44.2 Å². The summed E-state index contributed by atoms with van der Waals surface area (Å²) < 4.78 is 5.40. The van der Waals surface area contributed by atoms with E-state index in [1.807, 2.05) is 6.07 Å². The minimum Gasteiger partial charge on any atom is -0.484 e. The van der Waals surface area contributed by atoms with Gasteiger partial charge in [-0.2, -0.15) is 5.10 Å². The molecule has 1 N–H and O–H groups in total. The first kappa shape index (κ1) is 20.2. The number of nitrogens with one attached hydrogen (secondary N) is 1. The molecule has 2 aromatic carbocycles. The second kappa shape index (κ2) is 8.23. The zero-order valence-electron chi connectivity index (χ0n) is 16.7. The van der Waals surface area contributed by atoms with E-state index in [2.05, 4.69) is 55.4 Å². The van der Waals surface area contributed by atoms with Gasteiger partial charge in [0.15, 0.2) is 6.61 Å². The molecule has 2 aromatic rings. The van der Waals surface area contributed by atoms with E-state index in [-0.39, 0.29) is 18.1 Å². The van der Waals surface area contributed by atoms with Crippen LogP contribution in [-0.4, -0.2) is 31.3 Å². The molecule has 0 spiro atoms. The summed E-state index contributed by atoms with van der Waals surface area (Å²) in [5.41, 5.74) is 6.14. The van der Waals surface area contributed by atoms with Gasteiger partial charge < -0.3 is 9.64 Å². The highest BCUT2D eigenvalue weighted by atomic mass is 35.5. The Morgan fingerprint density at radius 1 is 1.36 bits per heavy atom. The van der Waals surface area contributed by atoms with Crippen LogP contribution in [0.2, 0.25) is 5.02 Å². The Morgan fingerprint density at radius 2 is 2.14 bits per heavy atom. The second-order valence-electron chi connectivity index (χ2n) is 7.83. The molecule has 1 unspecified atom stereocenters. The largest absolute Gasteiger partial charge is 0.484 e. The molecule has 6 heteroatoms. The molecule has 3 rings (SSSR count). The Hall–Kier alpha value is -2.53. The summed E-state index contributed by atoms with van der Waals surface area (Å²) in [5, 5.41) is 4.61. The van der Waals surface area contributed by atoms with Crippen LogP contribution < -0.4 is 15.1 Å². The number of carbonyl (C=O) groups is 1. The molecule has 0 saturated carbocycles. The summed E-state index contributed by atoms with van der Waals surface area (Å²) in [7, 11) is 2.14. The van der Waals surface area contributed by atoms with Crippen molar-refractivity contribution >= 4 is 29.4 Å². The second-order valence-corrected chi connectivity index (χ2v) is 8.27. The van der Waals surface area contributed by atoms with E-state index < -0.39 is 0 Å². The fraction of sp³-hybridized carbons (Fsp3) is 0.364. The summed E-state index contributed by atoms with van der Waals surface area (Å²) in [4.78, 5) is 14.2. The molecule has 1 aliphatic heterocycles.